The number of fused-ring (bicyclic) bond motifs is 1. The lowest BCUT2D eigenvalue weighted by Crippen LogP contribution is -2.25. The van der Waals surface area contributed by atoms with E-state index in [1.54, 1.807) is 12.1 Å². The van der Waals surface area contributed by atoms with Gasteiger partial charge in [0.1, 0.15) is 11.5 Å². The minimum atomic E-state index is 0.205. The molecule has 0 radical (unpaired) electrons. The topological polar surface area (TPSA) is 32.7 Å². The fraction of sp³-hybridized carbons (Fsp3) is 0.486. The molecule has 5 rings (SSSR count). The first-order valence-electron chi connectivity index (χ1n) is 15.2. The molecule has 0 spiro atoms. The van der Waals surface area contributed by atoms with Crippen molar-refractivity contribution in [2.75, 3.05) is 32.0 Å². The number of likely N-dealkylation sites (tertiary alicyclic amines) is 1. The van der Waals surface area contributed by atoms with Crippen LogP contribution in [0.3, 0.4) is 0 Å². The van der Waals surface area contributed by atoms with Gasteiger partial charge in [0, 0.05) is 28.4 Å². The maximum absolute atomic E-state index is 10.0. The van der Waals surface area contributed by atoms with Gasteiger partial charge in [-0.1, -0.05) is 87.1 Å². The molecule has 1 fully saturated rings. The molecule has 0 unspecified atom stereocenters. The Labute approximate surface area is 240 Å². The van der Waals surface area contributed by atoms with E-state index in [1.807, 2.05) is 17.8 Å². The number of nitrogens with zero attached hydrogens (tertiary/aromatic N) is 1. The number of rotatable bonds is 14. The van der Waals surface area contributed by atoms with Gasteiger partial charge in [-0.2, -0.15) is 0 Å². The van der Waals surface area contributed by atoms with Crippen LogP contribution in [0.4, 0.5) is 0 Å². The minimum Gasteiger partial charge on any atom is -0.508 e. The number of hydrogen-bond donors (Lipinski definition) is 1. The van der Waals surface area contributed by atoms with Crippen molar-refractivity contribution in [2.45, 2.75) is 80.9 Å². The van der Waals surface area contributed by atoms with E-state index in [1.165, 1.54) is 106 Å². The van der Waals surface area contributed by atoms with Crippen LogP contribution >= 0.6 is 11.8 Å². The first kappa shape index (κ1) is 28.1. The Balaban J connectivity index is 1.05. The number of ether oxygens (including phenoxy) is 1. The van der Waals surface area contributed by atoms with Gasteiger partial charge in [-0.05, 0) is 80.4 Å². The fourth-order valence-electron chi connectivity index (χ4n) is 6.26. The van der Waals surface area contributed by atoms with E-state index in [-0.39, 0.29) is 17.6 Å². The highest BCUT2D eigenvalue weighted by atomic mass is 32.2. The maximum atomic E-state index is 10.0. The van der Waals surface area contributed by atoms with Gasteiger partial charge in [-0.15, -0.1) is 11.8 Å². The van der Waals surface area contributed by atoms with Crippen LogP contribution in [-0.4, -0.2) is 42.0 Å². The van der Waals surface area contributed by atoms with Crippen molar-refractivity contribution in [1.29, 1.82) is 0 Å². The summed E-state index contributed by atoms with van der Waals surface area (Å²) >= 11 is 1.99. The predicted molar refractivity (Wildman–Crippen MR) is 164 cm³/mol. The van der Waals surface area contributed by atoms with E-state index >= 15 is 0 Å². The van der Waals surface area contributed by atoms with Gasteiger partial charge in [0.25, 0.3) is 0 Å². The normalized spacial score (nSPS) is 19.1. The second-order valence-corrected chi connectivity index (χ2v) is 12.5. The minimum absolute atomic E-state index is 0.205. The van der Waals surface area contributed by atoms with Crippen LogP contribution in [0.1, 0.15) is 92.7 Å². The SMILES string of the molecule is Oc1ccc2c(c1)OC[C@@H](c1ccccc1)[C@H]2c1ccc(SCCCCCCCCCCN2CCCC2)cc1. The molecule has 0 aromatic heterocycles. The molecule has 0 saturated carbocycles. The highest BCUT2D eigenvalue weighted by Crippen LogP contribution is 2.47. The molecule has 0 amide bonds. The summed E-state index contributed by atoms with van der Waals surface area (Å²) in [7, 11) is 0. The molecule has 2 heterocycles. The van der Waals surface area contributed by atoms with Gasteiger partial charge < -0.3 is 14.7 Å². The smallest absolute Gasteiger partial charge is 0.126 e. The van der Waals surface area contributed by atoms with Crippen LogP contribution in [-0.2, 0) is 0 Å². The van der Waals surface area contributed by atoms with Gasteiger partial charge in [0.15, 0.2) is 0 Å². The Morgan fingerprint density at radius 3 is 2.18 bits per heavy atom. The molecule has 1 N–H and O–H groups in total. The summed E-state index contributed by atoms with van der Waals surface area (Å²) < 4.78 is 6.12. The van der Waals surface area contributed by atoms with Gasteiger partial charge >= 0.3 is 0 Å². The summed E-state index contributed by atoms with van der Waals surface area (Å²) in [6.45, 7) is 4.62. The predicted octanol–water partition coefficient (Wildman–Crippen LogP) is 9.01. The first-order chi connectivity index (χ1) is 19.3. The molecule has 2 atom stereocenters. The molecule has 1 saturated heterocycles. The third kappa shape index (κ3) is 8.05. The summed E-state index contributed by atoms with van der Waals surface area (Å²) in [4.78, 5) is 3.99. The van der Waals surface area contributed by atoms with Gasteiger partial charge in [-0.3, -0.25) is 0 Å². The summed E-state index contributed by atoms with van der Waals surface area (Å²) in [5, 5.41) is 10.0. The highest BCUT2D eigenvalue weighted by Gasteiger charge is 2.33. The summed E-state index contributed by atoms with van der Waals surface area (Å²) in [5.41, 5.74) is 3.76. The van der Waals surface area contributed by atoms with Crippen LogP contribution in [0.2, 0.25) is 0 Å². The van der Waals surface area contributed by atoms with Gasteiger partial charge in [-0.25, -0.2) is 0 Å². The number of unbranched alkanes of at least 4 members (excludes halogenated alkanes) is 7. The molecule has 3 aromatic rings. The first-order valence-corrected chi connectivity index (χ1v) is 16.2. The van der Waals surface area contributed by atoms with Crippen LogP contribution in [0.5, 0.6) is 11.5 Å². The van der Waals surface area contributed by atoms with Crippen molar-refractivity contribution >= 4 is 11.8 Å². The van der Waals surface area contributed by atoms with Crippen molar-refractivity contribution in [3.8, 4) is 11.5 Å². The van der Waals surface area contributed by atoms with Crippen LogP contribution in [0.25, 0.3) is 0 Å². The molecule has 3 nitrogen and oxygen atoms in total. The standard InChI is InChI=1S/C35H45NO2S/c37-30-18-21-32-34(26-30)38-27-33(28-14-8-7-9-15-28)35(32)29-16-19-31(20-17-29)39-25-13-6-4-2-1-3-5-10-22-36-23-11-12-24-36/h7-9,14-21,26,33,35,37H,1-6,10-13,22-25,27H2/t33-,35-/m0/s1. The fourth-order valence-corrected chi connectivity index (χ4v) is 7.18. The van der Waals surface area contributed by atoms with Crippen LogP contribution in [0.15, 0.2) is 77.7 Å². The lowest BCUT2D eigenvalue weighted by molar-refractivity contribution is 0.248. The van der Waals surface area contributed by atoms with E-state index in [4.69, 9.17) is 4.74 Å². The Morgan fingerprint density at radius 2 is 1.44 bits per heavy atom. The average molecular weight is 544 g/mol. The summed E-state index contributed by atoms with van der Waals surface area (Å²) in [5.74, 6) is 2.70. The van der Waals surface area contributed by atoms with E-state index < -0.39 is 0 Å². The van der Waals surface area contributed by atoms with Gasteiger partial charge in [0.05, 0.1) is 6.61 Å². The van der Waals surface area contributed by atoms with E-state index in [2.05, 4.69) is 59.5 Å². The Bertz CT molecular complexity index is 1130. The second kappa shape index (κ2) is 14.8. The van der Waals surface area contributed by atoms with E-state index in [0.717, 1.165) is 11.3 Å². The summed E-state index contributed by atoms with van der Waals surface area (Å²) in [6.07, 6.45) is 13.9. The number of phenols is 1. The molecule has 2 aliphatic rings. The van der Waals surface area contributed by atoms with Crippen molar-refractivity contribution in [2.24, 2.45) is 0 Å². The third-order valence-corrected chi connectivity index (χ3v) is 9.55. The molecule has 2 aliphatic heterocycles. The number of benzene rings is 3. The number of aromatic hydroxyl groups is 1. The monoisotopic (exact) mass is 543 g/mol. The average Bonchev–Trinajstić information content (AvgIpc) is 3.50. The molecule has 0 bridgehead atoms. The lowest BCUT2D eigenvalue weighted by atomic mass is 9.76. The molecule has 3 aromatic carbocycles. The van der Waals surface area contributed by atoms with Crippen molar-refractivity contribution in [1.82, 2.24) is 4.90 Å². The molecule has 208 valence electrons. The number of phenolic OH excluding ortho intramolecular Hbond substituents is 1. The zero-order chi connectivity index (χ0) is 26.7. The van der Waals surface area contributed by atoms with Crippen molar-refractivity contribution < 1.29 is 9.84 Å². The Kier molecular flexibility index (Phi) is 10.7. The quantitative estimate of drug-likeness (QED) is 0.162. The van der Waals surface area contributed by atoms with Crippen molar-refractivity contribution in [3.05, 3.63) is 89.5 Å². The zero-order valence-electron chi connectivity index (χ0n) is 23.4. The van der Waals surface area contributed by atoms with E-state index in [9.17, 15) is 5.11 Å². The Morgan fingerprint density at radius 1 is 0.744 bits per heavy atom. The molecule has 0 aliphatic carbocycles. The molecular formula is C35H45NO2S. The second-order valence-electron chi connectivity index (χ2n) is 11.3. The third-order valence-electron chi connectivity index (χ3n) is 8.46. The number of thioether (sulfide) groups is 1. The highest BCUT2D eigenvalue weighted by molar-refractivity contribution is 7.99. The zero-order valence-corrected chi connectivity index (χ0v) is 24.2. The molecular weight excluding hydrogens is 498 g/mol. The van der Waals surface area contributed by atoms with Crippen LogP contribution in [0, 0.1) is 0 Å². The number of hydrogen-bond acceptors (Lipinski definition) is 4. The Hall–Kier alpha value is -2.43. The van der Waals surface area contributed by atoms with Gasteiger partial charge in [0.2, 0.25) is 0 Å². The summed E-state index contributed by atoms with van der Waals surface area (Å²) in [6, 6.07) is 25.4. The molecule has 39 heavy (non-hydrogen) atoms. The maximum Gasteiger partial charge on any atom is 0.126 e. The molecule has 4 heteroatoms. The largest absolute Gasteiger partial charge is 0.508 e. The van der Waals surface area contributed by atoms with Crippen LogP contribution < -0.4 is 4.74 Å². The van der Waals surface area contributed by atoms with Crippen molar-refractivity contribution in [3.63, 3.8) is 0 Å². The lowest BCUT2D eigenvalue weighted by Gasteiger charge is -2.34. The van der Waals surface area contributed by atoms with E-state index in [0.29, 0.717) is 6.61 Å².